The first kappa shape index (κ1) is 29.5. The van der Waals surface area contributed by atoms with Crippen molar-refractivity contribution in [3.63, 3.8) is 0 Å². The van der Waals surface area contributed by atoms with E-state index in [1.54, 1.807) is 25.1 Å². The molecular formula is C28H31Cl2N3O4S. The zero-order chi connectivity index (χ0) is 27.9. The van der Waals surface area contributed by atoms with Crippen LogP contribution in [0.3, 0.4) is 0 Å². The molecule has 0 radical (unpaired) electrons. The van der Waals surface area contributed by atoms with Crippen LogP contribution in [0.5, 0.6) is 0 Å². The highest BCUT2D eigenvalue weighted by Crippen LogP contribution is 2.35. The van der Waals surface area contributed by atoms with E-state index in [0.717, 1.165) is 15.4 Å². The van der Waals surface area contributed by atoms with Crippen molar-refractivity contribution in [3.8, 4) is 0 Å². The van der Waals surface area contributed by atoms with Crippen LogP contribution in [0.15, 0.2) is 77.7 Å². The summed E-state index contributed by atoms with van der Waals surface area (Å²) in [6.45, 7) is 3.30. The molecule has 0 fully saturated rings. The number of nitrogens with zero attached hydrogens (tertiary/aromatic N) is 2. The number of sulfonamides is 1. The van der Waals surface area contributed by atoms with Crippen molar-refractivity contribution in [2.45, 2.75) is 37.6 Å². The van der Waals surface area contributed by atoms with Gasteiger partial charge in [0.1, 0.15) is 12.6 Å². The Morgan fingerprint density at radius 1 is 0.947 bits per heavy atom. The van der Waals surface area contributed by atoms with Gasteiger partial charge >= 0.3 is 0 Å². The Bertz CT molecular complexity index is 1370. The highest BCUT2D eigenvalue weighted by molar-refractivity contribution is 7.92. The fourth-order valence-corrected chi connectivity index (χ4v) is 5.97. The van der Waals surface area contributed by atoms with E-state index in [9.17, 15) is 18.0 Å². The van der Waals surface area contributed by atoms with Crippen molar-refractivity contribution in [2.24, 2.45) is 0 Å². The second-order valence-corrected chi connectivity index (χ2v) is 11.4. The Kier molecular flexibility index (Phi) is 10.2. The molecule has 0 saturated carbocycles. The predicted molar refractivity (Wildman–Crippen MR) is 152 cm³/mol. The molecule has 7 nitrogen and oxygen atoms in total. The van der Waals surface area contributed by atoms with Gasteiger partial charge in [-0.15, -0.1) is 0 Å². The summed E-state index contributed by atoms with van der Waals surface area (Å²) in [5, 5.41) is 2.77. The van der Waals surface area contributed by atoms with Crippen molar-refractivity contribution in [1.82, 2.24) is 10.2 Å². The summed E-state index contributed by atoms with van der Waals surface area (Å²) in [6.07, 6.45) is 0.839. The number of hydrogen-bond donors (Lipinski definition) is 1. The van der Waals surface area contributed by atoms with Crippen LogP contribution in [-0.2, 0) is 26.0 Å². The Balaban J connectivity index is 2.05. The van der Waals surface area contributed by atoms with Crippen molar-refractivity contribution in [1.29, 1.82) is 0 Å². The van der Waals surface area contributed by atoms with Gasteiger partial charge in [-0.2, -0.15) is 0 Å². The lowest BCUT2D eigenvalue weighted by atomic mass is 10.1. The number of nitrogens with one attached hydrogen (secondary N) is 1. The number of carbonyl (C=O) groups excluding carboxylic acids is 2. The van der Waals surface area contributed by atoms with E-state index < -0.39 is 28.5 Å². The lowest BCUT2D eigenvalue weighted by Gasteiger charge is -2.33. The molecule has 3 aromatic carbocycles. The normalized spacial score (nSPS) is 12.0. The molecule has 10 heteroatoms. The van der Waals surface area contributed by atoms with E-state index in [4.69, 9.17) is 23.2 Å². The number of anilines is 1. The van der Waals surface area contributed by atoms with Crippen molar-refractivity contribution < 1.29 is 18.0 Å². The van der Waals surface area contributed by atoms with E-state index in [1.807, 2.05) is 37.3 Å². The average Bonchev–Trinajstić information content (AvgIpc) is 2.91. The molecule has 202 valence electrons. The van der Waals surface area contributed by atoms with Crippen LogP contribution in [0.1, 0.15) is 24.5 Å². The molecule has 0 saturated heterocycles. The Hall–Kier alpha value is -3.07. The summed E-state index contributed by atoms with van der Waals surface area (Å²) in [7, 11) is -2.72. The molecular weight excluding hydrogens is 545 g/mol. The number of aryl methyl sites for hydroxylation is 1. The monoisotopic (exact) mass is 575 g/mol. The molecule has 3 rings (SSSR count). The topological polar surface area (TPSA) is 86.8 Å². The Morgan fingerprint density at radius 3 is 2.21 bits per heavy atom. The number of hydrogen-bond acceptors (Lipinski definition) is 4. The first-order valence-corrected chi connectivity index (χ1v) is 14.4. The standard InChI is InChI=1S/C28H31Cl2N3O4S/c1-4-24(28(35)31-3)32(18-17-21-9-6-5-7-10-21)26(34)19-33(25-12-8-11-23(29)27(25)30)38(36,37)22-15-13-20(2)14-16-22/h5-16,24H,4,17-19H2,1-3H3,(H,31,35). The van der Waals surface area contributed by atoms with Crippen molar-refractivity contribution in [3.05, 3.63) is 94.0 Å². The van der Waals surface area contributed by atoms with Gasteiger partial charge in [0.05, 0.1) is 20.6 Å². The predicted octanol–water partition coefficient (Wildman–Crippen LogP) is 5.09. The summed E-state index contributed by atoms with van der Waals surface area (Å²) >= 11 is 12.7. The highest BCUT2D eigenvalue weighted by Gasteiger charge is 2.34. The lowest BCUT2D eigenvalue weighted by molar-refractivity contribution is -0.139. The van der Waals surface area contributed by atoms with Gasteiger partial charge in [0.25, 0.3) is 10.0 Å². The SMILES string of the molecule is CCC(C(=O)NC)N(CCc1ccccc1)C(=O)CN(c1cccc(Cl)c1Cl)S(=O)(=O)c1ccc(C)cc1. The smallest absolute Gasteiger partial charge is 0.264 e. The van der Waals surface area contributed by atoms with E-state index in [-0.39, 0.29) is 33.1 Å². The maximum absolute atomic E-state index is 13.9. The van der Waals surface area contributed by atoms with Gasteiger partial charge < -0.3 is 10.2 Å². The molecule has 0 aliphatic rings. The largest absolute Gasteiger partial charge is 0.357 e. The second kappa shape index (κ2) is 13.1. The summed E-state index contributed by atoms with van der Waals surface area (Å²) in [5.74, 6) is -0.870. The quantitative estimate of drug-likeness (QED) is 0.345. The minimum atomic E-state index is -4.22. The number of rotatable bonds is 11. The zero-order valence-corrected chi connectivity index (χ0v) is 23.9. The summed E-state index contributed by atoms with van der Waals surface area (Å²) in [4.78, 5) is 28.0. The van der Waals surface area contributed by atoms with E-state index in [0.29, 0.717) is 12.8 Å². The minimum absolute atomic E-state index is 0.00104. The van der Waals surface area contributed by atoms with Crippen molar-refractivity contribution in [2.75, 3.05) is 24.4 Å². The second-order valence-electron chi connectivity index (χ2n) is 8.76. The number of carbonyl (C=O) groups is 2. The third-order valence-corrected chi connectivity index (χ3v) is 8.79. The molecule has 1 atom stereocenters. The van der Waals surface area contributed by atoms with Gasteiger partial charge in [0.2, 0.25) is 11.8 Å². The maximum Gasteiger partial charge on any atom is 0.264 e. The van der Waals surface area contributed by atoms with Crippen LogP contribution in [0.25, 0.3) is 0 Å². The third kappa shape index (κ3) is 6.87. The fraction of sp³-hybridized carbons (Fsp3) is 0.286. The van der Waals surface area contributed by atoms with Crippen LogP contribution in [-0.4, -0.2) is 51.3 Å². The Labute approximate surface area is 234 Å². The first-order valence-electron chi connectivity index (χ1n) is 12.2. The number of halogens is 2. The summed E-state index contributed by atoms with van der Waals surface area (Å²) in [5.41, 5.74) is 1.94. The average molecular weight is 577 g/mol. The van der Waals surface area contributed by atoms with Crippen molar-refractivity contribution >= 4 is 50.7 Å². The van der Waals surface area contributed by atoms with Crippen LogP contribution in [0, 0.1) is 6.92 Å². The highest BCUT2D eigenvalue weighted by atomic mass is 35.5. The van der Waals surface area contributed by atoms with Crippen LogP contribution >= 0.6 is 23.2 Å². The van der Waals surface area contributed by atoms with E-state index >= 15 is 0 Å². The van der Waals surface area contributed by atoms with Gasteiger partial charge in [0, 0.05) is 13.6 Å². The van der Waals surface area contributed by atoms with Crippen LogP contribution < -0.4 is 9.62 Å². The molecule has 0 bridgehead atoms. The molecule has 0 spiro atoms. The molecule has 3 aromatic rings. The number of amides is 2. The molecule has 0 aliphatic carbocycles. The fourth-order valence-electron chi connectivity index (χ4n) is 4.10. The maximum atomic E-state index is 13.9. The summed E-state index contributed by atoms with van der Waals surface area (Å²) in [6, 6.07) is 19.7. The van der Waals surface area contributed by atoms with Gasteiger partial charge in [-0.05, 0) is 49.6 Å². The third-order valence-electron chi connectivity index (χ3n) is 6.20. The number of benzene rings is 3. The molecule has 38 heavy (non-hydrogen) atoms. The molecule has 0 aliphatic heterocycles. The molecule has 1 N–H and O–H groups in total. The molecule has 0 heterocycles. The molecule has 1 unspecified atom stereocenters. The van der Waals surface area contributed by atoms with Crippen LogP contribution in [0.4, 0.5) is 5.69 Å². The van der Waals surface area contributed by atoms with Gasteiger partial charge in [-0.1, -0.05) is 84.2 Å². The summed E-state index contributed by atoms with van der Waals surface area (Å²) < 4.78 is 28.7. The van der Waals surface area contributed by atoms with E-state index in [1.165, 1.54) is 36.2 Å². The molecule has 0 aromatic heterocycles. The van der Waals surface area contributed by atoms with E-state index in [2.05, 4.69) is 5.32 Å². The van der Waals surface area contributed by atoms with Gasteiger partial charge in [-0.3, -0.25) is 13.9 Å². The minimum Gasteiger partial charge on any atom is -0.357 e. The molecule has 2 amide bonds. The van der Waals surface area contributed by atoms with Gasteiger partial charge in [0.15, 0.2) is 0 Å². The zero-order valence-electron chi connectivity index (χ0n) is 21.5. The lowest BCUT2D eigenvalue weighted by Crippen LogP contribution is -2.52. The Morgan fingerprint density at radius 2 is 1.61 bits per heavy atom. The number of likely N-dealkylation sites (N-methyl/N-ethyl adjacent to an activating group) is 1. The van der Waals surface area contributed by atoms with Crippen LogP contribution in [0.2, 0.25) is 10.0 Å². The first-order chi connectivity index (χ1) is 18.1. The van der Waals surface area contributed by atoms with Gasteiger partial charge in [-0.25, -0.2) is 8.42 Å².